The molecule has 0 spiro atoms. The first-order valence-electron chi connectivity index (χ1n) is 14.3. The first-order chi connectivity index (χ1) is 22.6. The van der Waals surface area contributed by atoms with Crippen LogP contribution in [0.1, 0.15) is 0 Å². The molecule has 0 N–H and O–H groups in total. The maximum Gasteiger partial charge on any atom is 2.00 e. The molecule has 0 aliphatic carbocycles. The van der Waals surface area contributed by atoms with E-state index in [1.165, 1.54) is 12.7 Å². The number of nitrogens with zero attached hydrogens (tertiary/aromatic N) is 5. The average Bonchev–Trinajstić information content (AvgIpc) is 3.37. The number of hydrogen-bond acceptors (Lipinski definition) is 8. The number of rotatable bonds is 7. The van der Waals surface area contributed by atoms with Crippen molar-refractivity contribution in [3.63, 3.8) is 0 Å². The summed E-state index contributed by atoms with van der Waals surface area (Å²) in [5.74, 6) is 1.67. The van der Waals surface area contributed by atoms with Crippen molar-refractivity contribution in [2.24, 2.45) is 0 Å². The Morgan fingerprint density at radius 3 is 1.46 bits per heavy atom. The Bertz CT molecular complexity index is 2130. The summed E-state index contributed by atoms with van der Waals surface area (Å²) in [6, 6.07) is 42.9. The van der Waals surface area contributed by atoms with Crippen molar-refractivity contribution >= 4 is 23.3 Å². The Morgan fingerprint density at radius 1 is 0.521 bits per heavy atom. The third-order valence-corrected chi connectivity index (χ3v) is 10.1. The molecule has 0 atom stereocenters. The van der Waals surface area contributed by atoms with Crippen LogP contribution in [0, 0.1) is 24.3 Å². The molecule has 0 saturated heterocycles. The minimum Gasteiger partial charge on any atom is -0.503 e. The van der Waals surface area contributed by atoms with E-state index >= 15 is 4.57 Å². The van der Waals surface area contributed by atoms with Crippen LogP contribution in [0.2, 0.25) is 0 Å². The smallest absolute Gasteiger partial charge is 0.503 e. The first-order valence-corrected chi connectivity index (χ1v) is 16.0. The van der Waals surface area contributed by atoms with Crippen molar-refractivity contribution in [2.75, 3.05) is 0 Å². The molecule has 0 unspecified atom stereocenters. The van der Waals surface area contributed by atoms with Gasteiger partial charge in [-0.25, -0.2) is 15.0 Å². The van der Waals surface area contributed by atoms with Gasteiger partial charge in [-0.15, -0.1) is 71.8 Å². The van der Waals surface area contributed by atoms with Crippen molar-refractivity contribution in [1.29, 1.82) is 0 Å². The monoisotopic (exact) mass is 914 g/mol. The topological polar surface area (TPSA) is 100.0 Å². The minimum atomic E-state index is -3.65. The van der Waals surface area contributed by atoms with Crippen LogP contribution in [-0.2, 0) is 46.1 Å². The standard InChI is InChI=1S/C37H20N5O3P.Pd.Pt/c43-46(37-41-23-38-24-42-37)35-21-29(44-27-9-5-7-25(19-27)33-11-1-3-17-39-33)13-15-31(35)32-16-14-30(22-36(32)46)45-28-10-6-8-26(20-28)34-12-2-4-18-40-34;;/h1-18,23-24H;;/q-4;2*+2. The van der Waals surface area contributed by atoms with Gasteiger partial charge in [0, 0.05) is 35.4 Å². The van der Waals surface area contributed by atoms with Gasteiger partial charge >= 0.3 is 41.5 Å². The predicted molar refractivity (Wildman–Crippen MR) is 173 cm³/mol. The number of hydrogen-bond donors (Lipinski definition) is 0. The van der Waals surface area contributed by atoms with Gasteiger partial charge in [-0.1, -0.05) is 47.0 Å². The van der Waals surface area contributed by atoms with Gasteiger partial charge in [0.05, 0.1) is 0 Å². The fraction of sp³-hybridized carbons (Fsp3) is 0. The second kappa shape index (κ2) is 14.2. The van der Waals surface area contributed by atoms with E-state index in [1.807, 2.05) is 72.8 Å². The quantitative estimate of drug-likeness (QED) is 0.103. The van der Waals surface area contributed by atoms with E-state index in [-0.39, 0.29) is 47.1 Å². The summed E-state index contributed by atoms with van der Waals surface area (Å²) in [7, 11) is -3.65. The van der Waals surface area contributed by atoms with E-state index in [9.17, 15) is 0 Å². The molecule has 236 valence electrons. The molecule has 1 aliphatic heterocycles. The molecule has 11 heteroatoms. The predicted octanol–water partition coefficient (Wildman–Crippen LogP) is 6.40. The maximum atomic E-state index is 15.2. The minimum absolute atomic E-state index is 0. The largest absolute Gasteiger partial charge is 2.00 e. The zero-order valence-corrected chi connectivity index (χ0v) is 29.3. The fourth-order valence-electron chi connectivity index (χ4n) is 5.28. The van der Waals surface area contributed by atoms with Crippen LogP contribution in [-0.4, -0.2) is 24.9 Å². The number of ether oxygens (including phenoxy) is 2. The van der Waals surface area contributed by atoms with E-state index in [4.69, 9.17) is 9.47 Å². The second-order valence-electron chi connectivity index (χ2n) is 10.2. The molecule has 3 aromatic heterocycles. The Labute approximate surface area is 305 Å². The summed E-state index contributed by atoms with van der Waals surface area (Å²) >= 11 is 0. The van der Waals surface area contributed by atoms with Crippen molar-refractivity contribution in [2.45, 2.75) is 0 Å². The van der Waals surface area contributed by atoms with Gasteiger partial charge in [-0.2, -0.15) is 23.3 Å². The van der Waals surface area contributed by atoms with Crippen LogP contribution in [0.25, 0.3) is 33.6 Å². The SMILES string of the molecule is O=P1(c2ncncn2)c2[c-]c(Oc3[c-]c(-c4ccccn4)ccc3)ccc2-c2ccc(Oc3[c-]c(-c4ccccn4)ccc3)[c-]c21.[Pd+2].[Pt+2]. The fourth-order valence-corrected chi connectivity index (χ4v) is 7.94. The van der Waals surface area contributed by atoms with Gasteiger partial charge in [0.25, 0.3) is 0 Å². The van der Waals surface area contributed by atoms with Crippen LogP contribution in [0.3, 0.4) is 0 Å². The van der Waals surface area contributed by atoms with E-state index < -0.39 is 7.14 Å². The summed E-state index contributed by atoms with van der Waals surface area (Å²) in [6.07, 6.45) is 6.12. The van der Waals surface area contributed by atoms with E-state index in [0.29, 0.717) is 33.6 Å². The maximum absolute atomic E-state index is 15.2. The summed E-state index contributed by atoms with van der Waals surface area (Å²) in [6.45, 7) is 0. The average molecular weight is 915 g/mol. The Morgan fingerprint density at radius 2 is 1.00 bits per heavy atom. The molecule has 4 aromatic carbocycles. The molecule has 0 saturated carbocycles. The van der Waals surface area contributed by atoms with Gasteiger partial charge in [-0.05, 0) is 23.5 Å². The van der Waals surface area contributed by atoms with E-state index in [0.717, 1.165) is 33.6 Å². The van der Waals surface area contributed by atoms with Gasteiger partial charge in [-0.3, -0.25) is 0 Å². The molecule has 4 heterocycles. The molecular weight excluding hydrogens is 895 g/mol. The zero-order valence-electron chi connectivity index (χ0n) is 24.6. The Balaban J connectivity index is 0.00000201. The van der Waals surface area contributed by atoms with Crippen LogP contribution in [0.15, 0.2) is 122 Å². The summed E-state index contributed by atoms with van der Waals surface area (Å²) in [5.41, 5.74) is 4.69. The second-order valence-corrected chi connectivity index (χ2v) is 12.7. The summed E-state index contributed by atoms with van der Waals surface area (Å²) in [5, 5.41) is 0.841. The van der Waals surface area contributed by atoms with Crippen molar-refractivity contribution in [3.8, 4) is 56.6 Å². The molecule has 1 aliphatic rings. The summed E-state index contributed by atoms with van der Waals surface area (Å²) < 4.78 is 27.6. The number of fused-ring (bicyclic) bond motifs is 3. The van der Waals surface area contributed by atoms with Crippen LogP contribution in [0.4, 0.5) is 0 Å². The van der Waals surface area contributed by atoms with Crippen LogP contribution in [0.5, 0.6) is 23.0 Å². The van der Waals surface area contributed by atoms with Gasteiger partial charge < -0.3 is 24.0 Å². The van der Waals surface area contributed by atoms with E-state index in [2.05, 4.69) is 49.2 Å². The molecule has 48 heavy (non-hydrogen) atoms. The zero-order chi connectivity index (χ0) is 30.9. The number of pyridine rings is 2. The molecule has 0 fully saturated rings. The number of benzene rings is 4. The molecule has 0 bridgehead atoms. The van der Waals surface area contributed by atoms with Crippen LogP contribution < -0.4 is 25.6 Å². The molecular formula is C37H20N5O3PPdPt. The first kappa shape index (κ1) is 33.3. The van der Waals surface area contributed by atoms with Gasteiger partial charge in [0.15, 0.2) is 12.7 Å². The molecule has 0 amide bonds. The molecule has 8 rings (SSSR count). The Kier molecular flexibility index (Phi) is 9.87. The van der Waals surface area contributed by atoms with Gasteiger partial charge in [0.2, 0.25) is 0 Å². The normalized spacial score (nSPS) is 12.1. The van der Waals surface area contributed by atoms with Crippen molar-refractivity contribution in [1.82, 2.24) is 24.9 Å². The van der Waals surface area contributed by atoms with E-state index in [1.54, 1.807) is 36.7 Å². The third-order valence-electron chi connectivity index (χ3n) is 7.34. The van der Waals surface area contributed by atoms with Crippen LogP contribution >= 0.6 is 7.14 Å². The van der Waals surface area contributed by atoms with Crippen molar-refractivity contribution in [3.05, 3.63) is 146 Å². The van der Waals surface area contributed by atoms with Crippen molar-refractivity contribution < 1.29 is 55.5 Å². The number of aromatic nitrogens is 5. The van der Waals surface area contributed by atoms with Gasteiger partial charge in [0.1, 0.15) is 12.7 Å². The summed E-state index contributed by atoms with van der Waals surface area (Å²) in [4.78, 5) is 21.4. The molecule has 7 aromatic rings. The third kappa shape index (κ3) is 6.31. The Hall–Kier alpha value is -4.63. The molecule has 0 radical (unpaired) electrons. The molecule has 8 nitrogen and oxygen atoms in total.